The van der Waals surface area contributed by atoms with Crippen LogP contribution in [0.25, 0.3) is 0 Å². The highest BCUT2D eigenvalue weighted by atomic mass is 32.2. The van der Waals surface area contributed by atoms with Crippen molar-refractivity contribution in [1.82, 2.24) is 14.3 Å². The summed E-state index contributed by atoms with van der Waals surface area (Å²) in [5.41, 5.74) is 9.31. The summed E-state index contributed by atoms with van der Waals surface area (Å²) in [5, 5.41) is 30.3. The van der Waals surface area contributed by atoms with Crippen molar-refractivity contribution in [3.63, 3.8) is 0 Å². The average molecular weight is 421 g/mol. The Kier molecular flexibility index (Phi) is 7.07. The van der Waals surface area contributed by atoms with Gasteiger partial charge in [0.05, 0.1) is 6.04 Å². The van der Waals surface area contributed by atoms with Crippen molar-refractivity contribution in [2.75, 3.05) is 13.1 Å². The summed E-state index contributed by atoms with van der Waals surface area (Å²) in [5.74, 6) is -2.88. The summed E-state index contributed by atoms with van der Waals surface area (Å²) in [7, 11) is -5.56. The van der Waals surface area contributed by atoms with Crippen molar-refractivity contribution in [3.8, 4) is 0 Å². The first-order valence-corrected chi connectivity index (χ1v) is 10.5. The average Bonchev–Trinajstić information content (AvgIpc) is 3.10. The van der Waals surface area contributed by atoms with Gasteiger partial charge < -0.3 is 31.9 Å². The van der Waals surface area contributed by atoms with E-state index >= 15 is 0 Å². The lowest BCUT2D eigenvalue weighted by atomic mass is 9.78. The number of aliphatic carboxylic acids is 1. The summed E-state index contributed by atoms with van der Waals surface area (Å²) in [6, 6.07) is -1.66. The number of nitrogens with two attached hydrogens (primary N) is 2. The van der Waals surface area contributed by atoms with E-state index in [9.17, 15) is 23.1 Å². The second kappa shape index (κ2) is 8.61. The standard InChI is InChI=1S/C14H28BN5O7S/c1-8(16)12(21)18-14(13(22)23)7-20(6-9(14)3-2-4-15(24)25)28(26,27)19-11-5-10(11)17/h8-11,19,24-25H,2-7,16-17H2,1H3,(H,18,21)(H,22,23)/t8-,9-,10-,11-,14-/m0/s1. The molecule has 1 saturated heterocycles. The lowest BCUT2D eigenvalue weighted by molar-refractivity contribution is -0.149. The molecule has 12 nitrogen and oxygen atoms in total. The molecule has 1 aliphatic heterocycles. The van der Waals surface area contributed by atoms with Gasteiger partial charge in [0.2, 0.25) is 5.91 Å². The number of carbonyl (C=O) groups is 2. The third-order valence-electron chi connectivity index (χ3n) is 5.18. The van der Waals surface area contributed by atoms with Crippen LogP contribution in [0.5, 0.6) is 0 Å². The first-order valence-electron chi connectivity index (χ1n) is 9.09. The van der Waals surface area contributed by atoms with Gasteiger partial charge in [-0.3, -0.25) is 4.79 Å². The molecule has 2 fully saturated rings. The fourth-order valence-corrected chi connectivity index (χ4v) is 4.88. The Balaban J connectivity index is 2.25. The Morgan fingerprint density at radius 1 is 1.39 bits per heavy atom. The van der Waals surface area contributed by atoms with Crippen LogP contribution in [0.15, 0.2) is 0 Å². The molecule has 1 saturated carbocycles. The molecule has 1 heterocycles. The third-order valence-corrected chi connectivity index (χ3v) is 6.74. The molecule has 0 aromatic heterocycles. The molecule has 1 aliphatic carbocycles. The van der Waals surface area contributed by atoms with Crippen LogP contribution < -0.4 is 21.5 Å². The van der Waals surface area contributed by atoms with Crippen molar-refractivity contribution >= 4 is 29.2 Å². The van der Waals surface area contributed by atoms with Gasteiger partial charge in [0.1, 0.15) is 0 Å². The summed E-state index contributed by atoms with van der Waals surface area (Å²) < 4.78 is 28.7. The quantitative estimate of drug-likeness (QED) is 0.174. The topological polar surface area (TPSA) is 208 Å². The van der Waals surface area contributed by atoms with E-state index in [1.807, 2.05) is 0 Å². The van der Waals surface area contributed by atoms with Crippen LogP contribution in [0.2, 0.25) is 6.32 Å². The zero-order valence-corrected chi connectivity index (χ0v) is 16.4. The predicted octanol–water partition coefficient (Wildman–Crippen LogP) is -3.61. The second-order valence-electron chi connectivity index (χ2n) is 7.58. The fourth-order valence-electron chi connectivity index (χ4n) is 3.33. The first-order chi connectivity index (χ1) is 12.9. The van der Waals surface area contributed by atoms with Crippen LogP contribution in [-0.4, -0.2) is 83.6 Å². The highest BCUT2D eigenvalue weighted by molar-refractivity contribution is 7.87. The van der Waals surface area contributed by atoms with Gasteiger partial charge in [0.25, 0.3) is 10.2 Å². The monoisotopic (exact) mass is 421 g/mol. The Hall–Kier alpha value is -1.29. The van der Waals surface area contributed by atoms with Crippen molar-refractivity contribution in [2.24, 2.45) is 17.4 Å². The maximum atomic E-state index is 12.6. The first kappa shape index (κ1) is 23.0. The molecule has 1 amide bonds. The number of carboxylic acids is 1. The number of nitrogens with one attached hydrogen (secondary N) is 2. The molecule has 0 spiro atoms. The molecule has 0 unspecified atom stereocenters. The van der Waals surface area contributed by atoms with Crippen LogP contribution in [0.1, 0.15) is 26.2 Å². The summed E-state index contributed by atoms with van der Waals surface area (Å²) in [6.45, 7) is 0.774. The van der Waals surface area contributed by atoms with Crippen molar-refractivity contribution in [2.45, 2.75) is 56.2 Å². The minimum absolute atomic E-state index is 0.00460. The van der Waals surface area contributed by atoms with Gasteiger partial charge in [0, 0.05) is 31.1 Å². The van der Waals surface area contributed by atoms with Gasteiger partial charge in [-0.1, -0.05) is 6.42 Å². The summed E-state index contributed by atoms with van der Waals surface area (Å²) in [6.07, 6.45) is 0.893. The zero-order valence-electron chi connectivity index (χ0n) is 15.6. The van der Waals surface area contributed by atoms with Crippen LogP contribution in [0.4, 0.5) is 0 Å². The highest BCUT2D eigenvalue weighted by Crippen LogP contribution is 2.34. The molecular weight excluding hydrogens is 393 g/mol. The Morgan fingerprint density at radius 3 is 2.46 bits per heavy atom. The van der Waals surface area contributed by atoms with Crippen LogP contribution in [0, 0.1) is 5.92 Å². The summed E-state index contributed by atoms with van der Waals surface area (Å²) in [4.78, 5) is 24.3. The molecular formula is C14H28BN5O7S. The molecule has 0 bridgehead atoms. The van der Waals surface area contributed by atoms with Crippen LogP contribution in [0.3, 0.4) is 0 Å². The SMILES string of the molecule is C[C@H](N)C(=O)N[C@@]1(C(=O)O)CN(S(=O)(=O)N[C@H]2C[C@@H]2N)C[C@@H]1CCCB(O)O. The van der Waals surface area contributed by atoms with E-state index in [0.717, 1.165) is 4.31 Å². The van der Waals surface area contributed by atoms with E-state index in [1.165, 1.54) is 6.92 Å². The van der Waals surface area contributed by atoms with Gasteiger partial charge in [-0.25, -0.2) is 4.79 Å². The van der Waals surface area contributed by atoms with Crippen LogP contribution >= 0.6 is 0 Å². The largest absolute Gasteiger partial charge is 0.479 e. The fraction of sp³-hybridized carbons (Fsp3) is 0.857. The molecule has 14 heteroatoms. The number of hydrogen-bond acceptors (Lipinski definition) is 8. The zero-order chi connectivity index (χ0) is 21.3. The molecule has 0 aromatic rings. The minimum atomic E-state index is -4.01. The number of carboxylic acid groups (broad SMARTS) is 1. The van der Waals surface area contributed by atoms with E-state index in [0.29, 0.717) is 6.42 Å². The van der Waals surface area contributed by atoms with Gasteiger partial charge in [-0.05, 0) is 26.1 Å². The van der Waals surface area contributed by atoms with Gasteiger partial charge in [0.15, 0.2) is 5.54 Å². The summed E-state index contributed by atoms with van der Waals surface area (Å²) >= 11 is 0. The van der Waals surface area contributed by atoms with Crippen molar-refractivity contribution < 1.29 is 33.2 Å². The molecule has 160 valence electrons. The van der Waals surface area contributed by atoms with Gasteiger partial charge in [-0.15, -0.1) is 0 Å². The van der Waals surface area contributed by atoms with Gasteiger partial charge in [-0.2, -0.15) is 17.4 Å². The number of carbonyl (C=O) groups excluding carboxylic acids is 1. The van der Waals surface area contributed by atoms with E-state index in [-0.39, 0.29) is 31.7 Å². The number of amides is 1. The normalized spacial score (nSPS) is 31.4. The van der Waals surface area contributed by atoms with Crippen molar-refractivity contribution in [1.29, 1.82) is 0 Å². The number of hydrogen-bond donors (Lipinski definition) is 7. The highest BCUT2D eigenvalue weighted by Gasteiger charge is 2.56. The maximum Gasteiger partial charge on any atom is 0.451 e. The molecule has 9 N–H and O–H groups in total. The maximum absolute atomic E-state index is 12.6. The van der Waals surface area contributed by atoms with E-state index in [2.05, 4.69) is 10.0 Å². The Morgan fingerprint density at radius 2 is 2.00 bits per heavy atom. The van der Waals surface area contributed by atoms with E-state index < -0.39 is 59.3 Å². The Labute approximate surface area is 164 Å². The van der Waals surface area contributed by atoms with Crippen molar-refractivity contribution in [3.05, 3.63) is 0 Å². The molecule has 0 aromatic carbocycles. The van der Waals surface area contributed by atoms with Gasteiger partial charge >= 0.3 is 13.1 Å². The lowest BCUT2D eigenvalue weighted by Gasteiger charge is -2.32. The predicted molar refractivity (Wildman–Crippen MR) is 99.9 cm³/mol. The number of nitrogens with zero attached hydrogens (tertiary/aromatic N) is 1. The third kappa shape index (κ3) is 5.20. The minimum Gasteiger partial charge on any atom is -0.479 e. The van der Waals surface area contributed by atoms with E-state index in [4.69, 9.17) is 21.5 Å². The Bertz CT molecular complexity index is 706. The molecule has 2 rings (SSSR count). The number of rotatable bonds is 10. The second-order valence-corrected chi connectivity index (χ2v) is 9.29. The lowest BCUT2D eigenvalue weighted by Crippen LogP contribution is -2.62. The molecule has 2 aliphatic rings. The molecule has 5 atom stereocenters. The van der Waals surface area contributed by atoms with E-state index in [1.54, 1.807) is 0 Å². The smallest absolute Gasteiger partial charge is 0.451 e. The molecule has 0 radical (unpaired) electrons. The van der Waals surface area contributed by atoms with Crippen LogP contribution in [-0.2, 0) is 19.8 Å². The molecule has 28 heavy (non-hydrogen) atoms.